The van der Waals surface area contributed by atoms with Crippen molar-refractivity contribution in [3.8, 4) is 0 Å². The zero-order chi connectivity index (χ0) is 20.6. The largest absolute Gasteiger partial charge is 0.369 e. The Morgan fingerprint density at radius 1 is 1.27 bits per heavy atom. The minimum absolute atomic E-state index is 0. The van der Waals surface area contributed by atoms with Gasteiger partial charge in [-0.05, 0) is 24.1 Å². The summed E-state index contributed by atoms with van der Waals surface area (Å²) in [6, 6.07) is 8.00. The molecule has 1 amide bonds. The van der Waals surface area contributed by atoms with Crippen LogP contribution in [0.5, 0.6) is 0 Å². The predicted molar refractivity (Wildman–Crippen MR) is 123 cm³/mol. The number of hydrogen-bond donors (Lipinski definition) is 2. The van der Waals surface area contributed by atoms with E-state index in [2.05, 4.69) is 25.3 Å². The summed E-state index contributed by atoms with van der Waals surface area (Å²) in [4.78, 5) is 20.7. The number of halogens is 2. The number of primary amides is 1. The first-order valence-electron chi connectivity index (χ1n) is 9.66. The van der Waals surface area contributed by atoms with Crippen LogP contribution in [0.25, 0.3) is 0 Å². The average Bonchev–Trinajstić information content (AvgIpc) is 3.23. The number of benzene rings is 1. The summed E-state index contributed by atoms with van der Waals surface area (Å²) in [5.41, 5.74) is 7.37. The maximum atomic E-state index is 13.1. The second-order valence-corrected chi connectivity index (χ2v) is 7.11. The van der Waals surface area contributed by atoms with Gasteiger partial charge in [0.1, 0.15) is 12.1 Å². The van der Waals surface area contributed by atoms with Gasteiger partial charge in [-0.25, -0.2) is 4.39 Å². The van der Waals surface area contributed by atoms with E-state index in [1.807, 2.05) is 6.07 Å². The highest BCUT2D eigenvalue weighted by Gasteiger charge is 2.22. The fourth-order valence-corrected chi connectivity index (χ4v) is 3.39. The lowest BCUT2D eigenvalue weighted by atomic mass is 9.98. The van der Waals surface area contributed by atoms with Crippen molar-refractivity contribution in [2.45, 2.75) is 13.0 Å². The van der Waals surface area contributed by atoms with Gasteiger partial charge in [-0.3, -0.25) is 14.7 Å². The van der Waals surface area contributed by atoms with Crippen LogP contribution in [0.4, 0.5) is 4.39 Å². The SMILES string of the molecule is CN=C(NCC(Cc1ccc(F)cc1)C(N)=O)N1CCN(Cc2ccon2)CC1.I. The number of carbonyl (C=O) groups is 1. The normalized spacial score (nSPS) is 16.1. The Balaban J connectivity index is 0.00000320. The number of guanidine groups is 1. The van der Waals surface area contributed by atoms with Crippen LogP contribution in [0, 0.1) is 11.7 Å². The molecule has 1 aromatic heterocycles. The molecular weight excluding hydrogens is 502 g/mol. The Morgan fingerprint density at radius 3 is 2.53 bits per heavy atom. The molecule has 3 N–H and O–H groups in total. The molecule has 30 heavy (non-hydrogen) atoms. The van der Waals surface area contributed by atoms with Crippen molar-refractivity contribution in [2.75, 3.05) is 39.8 Å². The molecule has 1 unspecified atom stereocenters. The van der Waals surface area contributed by atoms with Gasteiger partial charge in [-0.2, -0.15) is 0 Å². The molecule has 0 bridgehead atoms. The summed E-state index contributed by atoms with van der Waals surface area (Å²) in [5, 5.41) is 7.22. The minimum atomic E-state index is -0.411. The first-order chi connectivity index (χ1) is 14.0. The molecule has 0 spiro atoms. The number of amides is 1. The van der Waals surface area contributed by atoms with Gasteiger partial charge in [0.15, 0.2) is 5.96 Å². The Kier molecular flexibility index (Phi) is 9.50. The van der Waals surface area contributed by atoms with Crippen LogP contribution in [-0.4, -0.2) is 66.6 Å². The second kappa shape index (κ2) is 11.8. The van der Waals surface area contributed by atoms with E-state index in [0.29, 0.717) is 13.0 Å². The van der Waals surface area contributed by atoms with Crippen LogP contribution in [0.3, 0.4) is 0 Å². The van der Waals surface area contributed by atoms with Crippen LogP contribution < -0.4 is 11.1 Å². The number of piperazine rings is 1. The molecule has 0 saturated carbocycles. The van der Waals surface area contributed by atoms with Crippen LogP contribution in [0.1, 0.15) is 11.3 Å². The standard InChI is InChI=1S/C20H27FN6O2.HI/c1-23-20(27-9-7-26(8-10-27)14-18-6-11-29-25-18)24-13-16(19(22)28)12-15-2-4-17(21)5-3-15;/h2-6,11,16H,7-10,12-14H2,1H3,(H2,22,28)(H,23,24);1H. The molecule has 1 aliphatic heterocycles. The highest BCUT2D eigenvalue weighted by Crippen LogP contribution is 2.11. The Bertz CT molecular complexity index is 807. The zero-order valence-electron chi connectivity index (χ0n) is 17.0. The fourth-order valence-electron chi connectivity index (χ4n) is 3.39. The number of nitrogens with two attached hydrogens (primary N) is 1. The quantitative estimate of drug-likeness (QED) is 0.320. The molecule has 10 heteroatoms. The maximum absolute atomic E-state index is 13.1. The summed E-state index contributed by atoms with van der Waals surface area (Å²) >= 11 is 0. The average molecular weight is 530 g/mol. The van der Waals surface area contributed by atoms with Crippen molar-refractivity contribution >= 4 is 35.8 Å². The summed E-state index contributed by atoms with van der Waals surface area (Å²) in [6.45, 7) is 4.52. The molecule has 0 radical (unpaired) electrons. The molecule has 164 valence electrons. The maximum Gasteiger partial charge on any atom is 0.222 e. The Hall–Kier alpha value is -2.21. The summed E-state index contributed by atoms with van der Waals surface area (Å²) in [7, 11) is 1.73. The monoisotopic (exact) mass is 530 g/mol. The highest BCUT2D eigenvalue weighted by atomic mass is 127. The molecule has 8 nitrogen and oxygen atoms in total. The van der Waals surface area contributed by atoms with Crippen molar-refractivity contribution in [1.29, 1.82) is 0 Å². The lowest BCUT2D eigenvalue weighted by molar-refractivity contribution is -0.121. The Morgan fingerprint density at radius 2 is 1.97 bits per heavy atom. The van der Waals surface area contributed by atoms with Gasteiger partial charge in [-0.1, -0.05) is 17.3 Å². The zero-order valence-corrected chi connectivity index (χ0v) is 19.3. The third kappa shape index (κ3) is 6.94. The van der Waals surface area contributed by atoms with Crippen LogP contribution >= 0.6 is 24.0 Å². The van der Waals surface area contributed by atoms with E-state index in [0.717, 1.165) is 49.9 Å². The molecular formula is C20H28FIN6O2. The summed E-state index contributed by atoms with van der Waals surface area (Å²) in [5.74, 6) is -0.359. The third-order valence-electron chi connectivity index (χ3n) is 5.06. The molecule has 2 aromatic rings. The predicted octanol–water partition coefficient (Wildman–Crippen LogP) is 1.47. The van der Waals surface area contributed by atoms with Gasteiger partial charge in [0, 0.05) is 52.4 Å². The molecule has 1 atom stereocenters. The van der Waals surface area contributed by atoms with Crippen molar-refractivity contribution in [2.24, 2.45) is 16.6 Å². The van der Waals surface area contributed by atoms with E-state index >= 15 is 0 Å². The van der Waals surface area contributed by atoms with Crippen LogP contribution in [0.2, 0.25) is 0 Å². The molecule has 0 aliphatic carbocycles. The van der Waals surface area contributed by atoms with E-state index in [1.54, 1.807) is 25.4 Å². The van der Waals surface area contributed by atoms with E-state index in [4.69, 9.17) is 10.3 Å². The van der Waals surface area contributed by atoms with Gasteiger partial charge in [0.25, 0.3) is 0 Å². The van der Waals surface area contributed by atoms with E-state index in [9.17, 15) is 9.18 Å². The highest BCUT2D eigenvalue weighted by molar-refractivity contribution is 14.0. The Labute approximate surface area is 192 Å². The number of aliphatic imine (C=N–C) groups is 1. The minimum Gasteiger partial charge on any atom is -0.369 e. The fraction of sp³-hybridized carbons (Fsp3) is 0.450. The molecule has 1 aromatic carbocycles. The van der Waals surface area contributed by atoms with Gasteiger partial charge in [0.05, 0.1) is 11.6 Å². The number of hydrogen-bond acceptors (Lipinski definition) is 5. The van der Waals surface area contributed by atoms with Gasteiger partial charge in [-0.15, -0.1) is 24.0 Å². The van der Waals surface area contributed by atoms with Crippen molar-refractivity contribution in [3.05, 3.63) is 53.7 Å². The lowest BCUT2D eigenvalue weighted by Crippen LogP contribution is -2.53. The van der Waals surface area contributed by atoms with E-state index in [1.165, 1.54) is 12.1 Å². The summed E-state index contributed by atoms with van der Waals surface area (Å²) < 4.78 is 18.0. The third-order valence-corrected chi connectivity index (χ3v) is 5.06. The molecule has 3 rings (SSSR count). The number of rotatable bonds is 7. The van der Waals surface area contributed by atoms with Crippen molar-refractivity contribution in [3.63, 3.8) is 0 Å². The topological polar surface area (TPSA) is 100.0 Å². The van der Waals surface area contributed by atoms with E-state index < -0.39 is 11.8 Å². The first-order valence-corrected chi connectivity index (χ1v) is 9.66. The molecule has 1 fully saturated rings. The van der Waals surface area contributed by atoms with Crippen molar-refractivity contribution < 1.29 is 13.7 Å². The lowest BCUT2D eigenvalue weighted by Gasteiger charge is -2.36. The number of carbonyl (C=O) groups excluding carboxylic acids is 1. The van der Waals surface area contributed by atoms with E-state index in [-0.39, 0.29) is 29.8 Å². The van der Waals surface area contributed by atoms with Crippen LogP contribution in [-0.2, 0) is 17.8 Å². The number of aromatic nitrogens is 1. The van der Waals surface area contributed by atoms with Gasteiger partial charge < -0.3 is 20.5 Å². The second-order valence-electron chi connectivity index (χ2n) is 7.11. The van der Waals surface area contributed by atoms with Crippen LogP contribution in [0.15, 0.2) is 46.1 Å². The number of nitrogens with zero attached hydrogens (tertiary/aromatic N) is 4. The van der Waals surface area contributed by atoms with Gasteiger partial charge in [0.2, 0.25) is 5.91 Å². The summed E-state index contributed by atoms with van der Waals surface area (Å²) in [6.07, 6.45) is 2.03. The molecule has 2 heterocycles. The first kappa shape index (κ1) is 24.1. The molecule has 1 saturated heterocycles. The van der Waals surface area contributed by atoms with Crippen molar-refractivity contribution in [1.82, 2.24) is 20.3 Å². The number of nitrogens with one attached hydrogen (secondary N) is 1. The van der Waals surface area contributed by atoms with Gasteiger partial charge >= 0.3 is 0 Å². The molecule has 1 aliphatic rings. The smallest absolute Gasteiger partial charge is 0.222 e.